The predicted molar refractivity (Wildman–Crippen MR) is 99.6 cm³/mol. The van der Waals surface area contributed by atoms with Gasteiger partial charge in [0.2, 0.25) is 5.91 Å². The molecule has 1 aromatic rings. The number of amides is 1. The van der Waals surface area contributed by atoms with E-state index in [0.717, 1.165) is 38.0 Å². The third-order valence-electron chi connectivity index (χ3n) is 4.95. The predicted octanol–water partition coefficient (Wildman–Crippen LogP) is 3.41. The van der Waals surface area contributed by atoms with Gasteiger partial charge in [-0.25, -0.2) is 0 Å². The van der Waals surface area contributed by atoms with E-state index in [4.69, 9.17) is 4.74 Å². The molecule has 1 N–H and O–H groups in total. The Labute approximate surface area is 150 Å². The normalized spacial score (nSPS) is 17.1. The first-order chi connectivity index (χ1) is 12.0. The summed E-state index contributed by atoms with van der Waals surface area (Å²) >= 11 is 0. The average molecular weight is 346 g/mol. The van der Waals surface area contributed by atoms with Crippen LogP contribution in [0.1, 0.15) is 51.5 Å². The van der Waals surface area contributed by atoms with Gasteiger partial charge in [-0.15, -0.1) is 0 Å². The zero-order chi connectivity index (χ0) is 18.2. The Morgan fingerprint density at radius 3 is 2.40 bits per heavy atom. The summed E-state index contributed by atoms with van der Waals surface area (Å²) in [6, 6.07) is 8.09. The van der Waals surface area contributed by atoms with E-state index in [1.54, 1.807) is 0 Å². The second kappa shape index (κ2) is 9.56. The fraction of sp³-hybridized carbons (Fsp3) is 0.600. The van der Waals surface area contributed by atoms with Crippen molar-refractivity contribution < 1.29 is 14.3 Å². The summed E-state index contributed by atoms with van der Waals surface area (Å²) in [5.41, 5.74) is 2.12. The van der Waals surface area contributed by atoms with Crippen LogP contribution in [0.2, 0.25) is 0 Å². The molecule has 5 nitrogen and oxygen atoms in total. The molecule has 5 heteroatoms. The smallest absolute Gasteiger partial charge is 0.309 e. The van der Waals surface area contributed by atoms with Crippen LogP contribution >= 0.6 is 0 Å². The standard InChI is InChI=1S/C20H30N2O3/c1-4-15(3)16-6-8-18(9-7-16)21-19(23)14-22-12-10-17(11-13-22)20(24)25-5-2/h6-9,15,17H,4-5,10-14H2,1-3H3,(H,21,23)/t15-/m0/s1. The quantitative estimate of drug-likeness (QED) is 0.769. The Morgan fingerprint density at radius 1 is 1.20 bits per heavy atom. The lowest BCUT2D eigenvalue weighted by Gasteiger charge is -2.30. The van der Waals surface area contributed by atoms with Gasteiger partial charge in [-0.05, 0) is 62.9 Å². The second-order valence-corrected chi connectivity index (χ2v) is 6.78. The molecule has 1 atom stereocenters. The minimum absolute atomic E-state index is 0.00845. The van der Waals surface area contributed by atoms with Crippen LogP contribution in [-0.2, 0) is 14.3 Å². The number of anilines is 1. The number of rotatable bonds is 7. The van der Waals surface area contributed by atoms with Crippen LogP contribution in [0, 0.1) is 5.92 Å². The topological polar surface area (TPSA) is 58.6 Å². The molecule has 0 saturated carbocycles. The highest BCUT2D eigenvalue weighted by atomic mass is 16.5. The number of benzene rings is 1. The highest BCUT2D eigenvalue weighted by Crippen LogP contribution is 2.21. The number of nitrogens with one attached hydrogen (secondary N) is 1. The number of ether oxygens (including phenoxy) is 1. The molecule has 0 unspecified atom stereocenters. The molecule has 0 aliphatic carbocycles. The molecule has 138 valence electrons. The van der Waals surface area contributed by atoms with Gasteiger partial charge in [0.1, 0.15) is 0 Å². The van der Waals surface area contributed by atoms with Gasteiger partial charge >= 0.3 is 5.97 Å². The van der Waals surface area contributed by atoms with Crippen LogP contribution < -0.4 is 5.32 Å². The minimum atomic E-state index is -0.104. The van der Waals surface area contributed by atoms with Crippen LogP contribution in [0.5, 0.6) is 0 Å². The van der Waals surface area contributed by atoms with Crippen LogP contribution in [-0.4, -0.2) is 43.0 Å². The van der Waals surface area contributed by atoms with E-state index >= 15 is 0 Å². The van der Waals surface area contributed by atoms with Crippen molar-refractivity contribution in [3.63, 3.8) is 0 Å². The summed E-state index contributed by atoms with van der Waals surface area (Å²) in [6.07, 6.45) is 2.62. The molecule has 0 aromatic heterocycles. The van der Waals surface area contributed by atoms with E-state index in [1.807, 2.05) is 19.1 Å². The summed E-state index contributed by atoms with van der Waals surface area (Å²) in [4.78, 5) is 26.1. The van der Waals surface area contributed by atoms with Gasteiger partial charge in [0.25, 0.3) is 0 Å². The van der Waals surface area contributed by atoms with Crippen LogP contribution in [0.3, 0.4) is 0 Å². The van der Waals surface area contributed by atoms with Gasteiger partial charge < -0.3 is 10.1 Å². The van der Waals surface area contributed by atoms with Crippen molar-refractivity contribution in [3.8, 4) is 0 Å². The SMILES string of the molecule is CCOC(=O)C1CCN(CC(=O)Nc2ccc([C@@H](C)CC)cc2)CC1. The molecule has 1 saturated heterocycles. The molecule has 1 aromatic carbocycles. The third-order valence-corrected chi connectivity index (χ3v) is 4.95. The molecular formula is C20H30N2O3. The number of nitrogens with zero attached hydrogens (tertiary/aromatic N) is 1. The summed E-state index contributed by atoms with van der Waals surface area (Å²) in [7, 11) is 0. The van der Waals surface area contributed by atoms with Crippen molar-refractivity contribution >= 4 is 17.6 Å². The van der Waals surface area contributed by atoms with Crippen molar-refractivity contribution in [1.29, 1.82) is 0 Å². The first-order valence-corrected chi connectivity index (χ1v) is 9.32. The number of hydrogen-bond acceptors (Lipinski definition) is 4. The van der Waals surface area contributed by atoms with Crippen LogP contribution in [0.4, 0.5) is 5.69 Å². The maximum atomic E-state index is 12.2. The molecule has 0 spiro atoms. The fourth-order valence-electron chi connectivity index (χ4n) is 3.12. The second-order valence-electron chi connectivity index (χ2n) is 6.78. The number of esters is 1. The average Bonchev–Trinajstić information content (AvgIpc) is 2.62. The maximum absolute atomic E-state index is 12.2. The molecule has 1 amide bonds. The lowest BCUT2D eigenvalue weighted by molar-refractivity contribution is -0.149. The summed E-state index contributed by atoms with van der Waals surface area (Å²) < 4.78 is 5.07. The van der Waals surface area contributed by atoms with E-state index in [2.05, 4.69) is 36.2 Å². The molecule has 1 aliphatic heterocycles. The fourth-order valence-corrected chi connectivity index (χ4v) is 3.12. The lowest BCUT2D eigenvalue weighted by Crippen LogP contribution is -2.41. The minimum Gasteiger partial charge on any atom is -0.466 e. The molecule has 1 fully saturated rings. The van der Waals surface area contributed by atoms with Crippen molar-refractivity contribution in [1.82, 2.24) is 4.90 Å². The van der Waals surface area contributed by atoms with Gasteiger partial charge in [0.05, 0.1) is 19.1 Å². The third kappa shape index (κ3) is 5.85. The largest absolute Gasteiger partial charge is 0.466 e. The van der Waals surface area contributed by atoms with E-state index in [1.165, 1.54) is 5.56 Å². The first-order valence-electron chi connectivity index (χ1n) is 9.32. The Balaban J connectivity index is 1.76. The molecule has 0 radical (unpaired) electrons. The molecule has 2 rings (SSSR count). The van der Waals surface area contributed by atoms with Crippen molar-refractivity contribution in [3.05, 3.63) is 29.8 Å². The zero-order valence-electron chi connectivity index (χ0n) is 15.6. The Bertz CT molecular complexity index is 563. The van der Waals surface area contributed by atoms with Crippen molar-refractivity contribution in [2.45, 2.75) is 46.0 Å². The first kappa shape index (κ1) is 19.4. The number of hydrogen-bond donors (Lipinski definition) is 1. The molecule has 25 heavy (non-hydrogen) atoms. The molecular weight excluding hydrogens is 316 g/mol. The van der Waals surface area contributed by atoms with Crippen LogP contribution in [0.25, 0.3) is 0 Å². The van der Waals surface area contributed by atoms with E-state index in [0.29, 0.717) is 19.1 Å². The van der Waals surface area contributed by atoms with Crippen molar-refractivity contribution in [2.75, 3.05) is 31.6 Å². The Morgan fingerprint density at radius 2 is 1.84 bits per heavy atom. The van der Waals surface area contributed by atoms with Crippen LogP contribution in [0.15, 0.2) is 24.3 Å². The number of carbonyl (C=O) groups is 2. The van der Waals surface area contributed by atoms with Gasteiger partial charge in [-0.3, -0.25) is 14.5 Å². The summed E-state index contributed by atoms with van der Waals surface area (Å²) in [5.74, 6) is 0.400. The highest BCUT2D eigenvalue weighted by Gasteiger charge is 2.26. The maximum Gasteiger partial charge on any atom is 0.309 e. The summed E-state index contributed by atoms with van der Waals surface area (Å²) in [5, 5.41) is 2.96. The van der Waals surface area contributed by atoms with E-state index < -0.39 is 0 Å². The van der Waals surface area contributed by atoms with Gasteiger partial charge in [0, 0.05) is 5.69 Å². The summed E-state index contributed by atoms with van der Waals surface area (Å²) in [6.45, 7) is 8.50. The number of carbonyl (C=O) groups excluding carboxylic acids is 2. The van der Waals surface area contributed by atoms with Gasteiger partial charge in [-0.1, -0.05) is 26.0 Å². The Hall–Kier alpha value is -1.88. The van der Waals surface area contributed by atoms with E-state index in [-0.39, 0.29) is 17.8 Å². The molecule has 1 aliphatic rings. The number of piperidine rings is 1. The monoisotopic (exact) mass is 346 g/mol. The van der Waals surface area contributed by atoms with Gasteiger partial charge in [0.15, 0.2) is 0 Å². The van der Waals surface area contributed by atoms with E-state index in [9.17, 15) is 9.59 Å². The van der Waals surface area contributed by atoms with Gasteiger partial charge in [-0.2, -0.15) is 0 Å². The molecule has 0 bridgehead atoms. The number of likely N-dealkylation sites (tertiary alicyclic amines) is 1. The zero-order valence-corrected chi connectivity index (χ0v) is 15.6. The molecule has 1 heterocycles. The Kier molecular flexibility index (Phi) is 7.44. The lowest BCUT2D eigenvalue weighted by atomic mass is 9.97. The van der Waals surface area contributed by atoms with Crippen molar-refractivity contribution in [2.24, 2.45) is 5.92 Å². The highest BCUT2D eigenvalue weighted by molar-refractivity contribution is 5.92.